The summed E-state index contributed by atoms with van der Waals surface area (Å²) in [5, 5.41) is 0. The standard InChI is InChI=1S/C11H16S/c1-10-4-6-11(7-5-10)12(2)8-3-9-12/h4-7H,3,8-9H2,1-2H3. The first-order valence-electron chi connectivity index (χ1n) is 4.51. The first kappa shape index (κ1) is 8.18. The van der Waals surface area contributed by atoms with E-state index in [1.807, 2.05) is 0 Å². The zero-order chi connectivity index (χ0) is 8.60. The lowest BCUT2D eigenvalue weighted by molar-refractivity contribution is 1.01. The molecule has 0 radical (unpaired) electrons. The Hall–Kier alpha value is -0.430. The monoisotopic (exact) mass is 180 g/mol. The van der Waals surface area contributed by atoms with Gasteiger partial charge in [0.1, 0.15) is 0 Å². The van der Waals surface area contributed by atoms with E-state index in [4.69, 9.17) is 0 Å². The molecule has 12 heavy (non-hydrogen) atoms. The van der Waals surface area contributed by atoms with E-state index in [0.717, 1.165) is 0 Å². The summed E-state index contributed by atoms with van der Waals surface area (Å²) in [7, 11) is -0.334. The number of hydrogen-bond acceptors (Lipinski definition) is 0. The molecule has 0 bridgehead atoms. The maximum absolute atomic E-state index is 2.46. The van der Waals surface area contributed by atoms with E-state index in [9.17, 15) is 0 Å². The van der Waals surface area contributed by atoms with Gasteiger partial charge in [0.25, 0.3) is 0 Å². The fraction of sp³-hybridized carbons (Fsp3) is 0.455. The van der Waals surface area contributed by atoms with Gasteiger partial charge in [-0.05, 0) is 48.1 Å². The van der Waals surface area contributed by atoms with Gasteiger partial charge in [0.2, 0.25) is 0 Å². The summed E-state index contributed by atoms with van der Waals surface area (Å²) in [6.45, 7) is 2.15. The second-order valence-electron chi connectivity index (χ2n) is 3.85. The lowest BCUT2D eigenvalue weighted by atomic mass is 10.2. The van der Waals surface area contributed by atoms with Crippen molar-refractivity contribution >= 4 is 10.0 Å². The fourth-order valence-corrected chi connectivity index (χ4v) is 4.10. The van der Waals surface area contributed by atoms with Crippen LogP contribution in [0.2, 0.25) is 0 Å². The highest BCUT2D eigenvalue weighted by atomic mass is 32.3. The van der Waals surface area contributed by atoms with Crippen LogP contribution >= 0.6 is 10.0 Å². The summed E-state index contributed by atoms with van der Waals surface area (Å²) in [5.41, 5.74) is 1.38. The normalized spacial score (nSPS) is 22.8. The van der Waals surface area contributed by atoms with E-state index in [1.165, 1.54) is 23.5 Å². The van der Waals surface area contributed by atoms with Crippen LogP contribution in [-0.4, -0.2) is 17.8 Å². The molecular formula is C11H16S. The largest absolute Gasteiger partial charge is 0.217 e. The summed E-state index contributed by atoms with van der Waals surface area (Å²) < 4.78 is 0. The van der Waals surface area contributed by atoms with Crippen LogP contribution in [-0.2, 0) is 0 Å². The second kappa shape index (κ2) is 2.81. The third-order valence-corrected chi connectivity index (χ3v) is 6.57. The van der Waals surface area contributed by atoms with Crippen molar-refractivity contribution in [1.29, 1.82) is 0 Å². The van der Waals surface area contributed by atoms with Crippen molar-refractivity contribution in [2.45, 2.75) is 18.2 Å². The molecule has 66 valence electrons. The molecule has 0 atom stereocenters. The predicted molar refractivity (Wildman–Crippen MR) is 57.3 cm³/mol. The van der Waals surface area contributed by atoms with E-state index in [1.54, 1.807) is 4.90 Å². The topological polar surface area (TPSA) is 0 Å². The first-order chi connectivity index (χ1) is 5.71. The molecule has 0 aromatic heterocycles. The minimum absolute atomic E-state index is 0.334. The summed E-state index contributed by atoms with van der Waals surface area (Å²) in [5.74, 6) is 2.91. The lowest BCUT2D eigenvalue weighted by Crippen LogP contribution is -2.20. The van der Waals surface area contributed by atoms with Crippen molar-refractivity contribution in [2.75, 3.05) is 17.8 Å². The van der Waals surface area contributed by atoms with Crippen LogP contribution < -0.4 is 0 Å². The lowest BCUT2D eigenvalue weighted by Gasteiger charge is -2.45. The Morgan fingerprint density at radius 3 is 2.08 bits per heavy atom. The van der Waals surface area contributed by atoms with Gasteiger partial charge in [-0.15, -0.1) is 0 Å². The fourth-order valence-electron chi connectivity index (χ4n) is 1.68. The van der Waals surface area contributed by atoms with E-state index in [2.05, 4.69) is 37.4 Å². The van der Waals surface area contributed by atoms with E-state index < -0.39 is 0 Å². The van der Waals surface area contributed by atoms with E-state index >= 15 is 0 Å². The van der Waals surface area contributed by atoms with Crippen LogP contribution in [0.4, 0.5) is 0 Å². The summed E-state index contributed by atoms with van der Waals surface area (Å²) in [4.78, 5) is 1.61. The Kier molecular flexibility index (Phi) is 1.91. The Morgan fingerprint density at radius 1 is 1.08 bits per heavy atom. The van der Waals surface area contributed by atoms with E-state index in [-0.39, 0.29) is 10.0 Å². The van der Waals surface area contributed by atoms with Gasteiger partial charge < -0.3 is 0 Å². The SMILES string of the molecule is Cc1ccc(S2(C)CCC2)cc1. The van der Waals surface area contributed by atoms with Gasteiger partial charge >= 0.3 is 0 Å². The van der Waals surface area contributed by atoms with Crippen molar-refractivity contribution in [3.8, 4) is 0 Å². The van der Waals surface area contributed by atoms with Gasteiger partial charge in [-0.3, -0.25) is 0 Å². The molecule has 1 aromatic carbocycles. The van der Waals surface area contributed by atoms with Crippen LogP contribution in [0.5, 0.6) is 0 Å². The Bertz CT molecular complexity index is 270. The molecule has 1 aromatic rings. The molecule has 1 aliphatic heterocycles. The van der Waals surface area contributed by atoms with Gasteiger partial charge in [-0.1, -0.05) is 17.7 Å². The zero-order valence-electron chi connectivity index (χ0n) is 7.84. The number of rotatable bonds is 1. The third-order valence-electron chi connectivity index (χ3n) is 2.78. The Labute approximate surface area is 76.3 Å². The maximum atomic E-state index is 2.46. The van der Waals surface area contributed by atoms with Gasteiger partial charge in [-0.2, -0.15) is 0 Å². The predicted octanol–water partition coefficient (Wildman–Crippen LogP) is 3.19. The Balaban J connectivity index is 2.28. The summed E-state index contributed by atoms with van der Waals surface area (Å²) >= 11 is 0. The molecule has 0 saturated carbocycles. The van der Waals surface area contributed by atoms with Crippen LogP contribution in [0.3, 0.4) is 0 Å². The molecule has 0 aliphatic carbocycles. The molecule has 0 amide bonds. The average Bonchev–Trinajstić information content (AvgIpc) is 2.02. The average molecular weight is 180 g/mol. The number of hydrogen-bond donors (Lipinski definition) is 0. The molecule has 2 rings (SSSR count). The number of aryl methyl sites for hydroxylation is 1. The van der Waals surface area contributed by atoms with Crippen LogP contribution in [0.25, 0.3) is 0 Å². The third kappa shape index (κ3) is 1.27. The van der Waals surface area contributed by atoms with Crippen molar-refractivity contribution in [3.05, 3.63) is 29.8 Å². The van der Waals surface area contributed by atoms with Crippen molar-refractivity contribution in [3.63, 3.8) is 0 Å². The van der Waals surface area contributed by atoms with Crippen LogP contribution in [0.15, 0.2) is 29.2 Å². The highest BCUT2D eigenvalue weighted by Crippen LogP contribution is 2.59. The quantitative estimate of drug-likeness (QED) is 0.622. The summed E-state index contributed by atoms with van der Waals surface area (Å²) in [6, 6.07) is 9.13. The van der Waals surface area contributed by atoms with E-state index in [0.29, 0.717) is 0 Å². The Morgan fingerprint density at radius 2 is 1.67 bits per heavy atom. The van der Waals surface area contributed by atoms with Gasteiger partial charge in [0.05, 0.1) is 0 Å². The maximum Gasteiger partial charge on any atom is -0.0101 e. The first-order valence-corrected chi connectivity index (χ1v) is 6.89. The van der Waals surface area contributed by atoms with Gasteiger partial charge in [-0.25, -0.2) is 10.0 Å². The second-order valence-corrected chi connectivity index (χ2v) is 7.69. The van der Waals surface area contributed by atoms with Gasteiger partial charge in [0, 0.05) is 0 Å². The molecule has 1 aliphatic rings. The number of benzene rings is 1. The smallest absolute Gasteiger partial charge is 0.0101 e. The van der Waals surface area contributed by atoms with Crippen molar-refractivity contribution in [1.82, 2.24) is 0 Å². The minimum Gasteiger partial charge on any atom is -0.217 e. The van der Waals surface area contributed by atoms with Crippen molar-refractivity contribution < 1.29 is 0 Å². The molecule has 1 heteroatoms. The molecule has 1 heterocycles. The molecule has 0 spiro atoms. The highest BCUT2D eigenvalue weighted by molar-refractivity contribution is 8.34. The molecule has 0 N–H and O–H groups in total. The van der Waals surface area contributed by atoms with Crippen molar-refractivity contribution in [2.24, 2.45) is 0 Å². The molecule has 0 nitrogen and oxygen atoms in total. The molecule has 1 fully saturated rings. The minimum atomic E-state index is -0.334. The molecular weight excluding hydrogens is 164 g/mol. The summed E-state index contributed by atoms with van der Waals surface area (Å²) in [6.07, 6.45) is 3.90. The van der Waals surface area contributed by atoms with Crippen LogP contribution in [0.1, 0.15) is 12.0 Å². The molecule has 0 unspecified atom stereocenters. The van der Waals surface area contributed by atoms with Gasteiger partial charge in [0.15, 0.2) is 0 Å². The van der Waals surface area contributed by atoms with Crippen LogP contribution in [0, 0.1) is 6.92 Å². The highest BCUT2D eigenvalue weighted by Gasteiger charge is 2.27. The molecule has 1 saturated heterocycles. The zero-order valence-corrected chi connectivity index (χ0v) is 8.66.